The topological polar surface area (TPSA) is 84.9 Å². The summed E-state index contributed by atoms with van der Waals surface area (Å²) in [6.07, 6.45) is 8.46. The van der Waals surface area contributed by atoms with Gasteiger partial charge in [0.2, 0.25) is 15.9 Å². The minimum atomic E-state index is -3.63. The molecule has 5 atom stereocenters. The second-order valence-electron chi connectivity index (χ2n) is 10.6. The number of carbonyl (C=O) groups is 1. The molecule has 4 fully saturated rings. The average molecular weight is 475 g/mol. The van der Waals surface area contributed by atoms with Gasteiger partial charge in [-0.25, -0.2) is 8.42 Å². The molecule has 2 bridgehead atoms. The summed E-state index contributed by atoms with van der Waals surface area (Å²) in [4.78, 5) is 13.3. The Morgan fingerprint density at radius 2 is 1.67 bits per heavy atom. The van der Waals surface area contributed by atoms with E-state index in [2.05, 4.69) is 5.32 Å². The van der Waals surface area contributed by atoms with E-state index in [4.69, 9.17) is 9.47 Å². The van der Waals surface area contributed by atoms with E-state index >= 15 is 0 Å². The molecule has 3 aliphatic carbocycles. The van der Waals surface area contributed by atoms with Crippen molar-refractivity contribution >= 4 is 15.9 Å². The standard InChI is InChI=1S/C25H34N2O5S/c28-25(26-22-14-17-13-21(22)20-4-1-3-19(17)20)16-7-9-27(10-8-16)33(29,30)18-5-6-23-24(15-18)32-12-2-11-31-23/h5-6,15-17,19-22H,1-4,7-14H2,(H,26,28)/t17-,19-,20+,21+,22-/m1/s1. The molecule has 1 saturated heterocycles. The lowest BCUT2D eigenvalue weighted by atomic mass is 9.79. The van der Waals surface area contributed by atoms with Crippen molar-refractivity contribution in [3.8, 4) is 11.5 Å². The Morgan fingerprint density at radius 3 is 2.48 bits per heavy atom. The molecule has 0 aromatic heterocycles. The first-order valence-electron chi connectivity index (χ1n) is 12.7. The number of amides is 1. The van der Waals surface area contributed by atoms with Gasteiger partial charge in [-0.2, -0.15) is 4.31 Å². The van der Waals surface area contributed by atoms with Gasteiger partial charge >= 0.3 is 0 Å². The molecule has 180 valence electrons. The van der Waals surface area contributed by atoms with Crippen LogP contribution in [0.25, 0.3) is 0 Å². The van der Waals surface area contributed by atoms with E-state index in [0.717, 1.165) is 30.6 Å². The van der Waals surface area contributed by atoms with E-state index in [1.165, 1.54) is 30.0 Å². The fourth-order valence-electron chi connectivity index (χ4n) is 7.35. The molecule has 1 N–H and O–H groups in total. The second kappa shape index (κ2) is 8.45. The van der Waals surface area contributed by atoms with Crippen LogP contribution in [0.3, 0.4) is 0 Å². The van der Waals surface area contributed by atoms with Gasteiger partial charge in [0.25, 0.3) is 0 Å². The van der Waals surface area contributed by atoms with E-state index in [1.807, 2.05) is 0 Å². The van der Waals surface area contributed by atoms with E-state index in [9.17, 15) is 13.2 Å². The van der Waals surface area contributed by atoms with Crippen LogP contribution < -0.4 is 14.8 Å². The predicted octanol–water partition coefficient (Wildman–Crippen LogP) is 3.19. The van der Waals surface area contributed by atoms with Crippen LogP contribution in [0.15, 0.2) is 23.1 Å². The Kier molecular flexibility index (Phi) is 5.56. The lowest BCUT2D eigenvalue weighted by molar-refractivity contribution is -0.127. The smallest absolute Gasteiger partial charge is 0.243 e. The first kappa shape index (κ1) is 21.7. The van der Waals surface area contributed by atoms with Crippen LogP contribution in [-0.2, 0) is 14.8 Å². The number of nitrogens with zero attached hydrogens (tertiary/aromatic N) is 1. The highest BCUT2D eigenvalue weighted by atomic mass is 32.2. The van der Waals surface area contributed by atoms with Crippen molar-refractivity contribution in [1.82, 2.24) is 9.62 Å². The Bertz CT molecular complexity index is 1020. The van der Waals surface area contributed by atoms with Crippen molar-refractivity contribution in [2.24, 2.45) is 29.6 Å². The molecule has 8 heteroatoms. The molecule has 0 spiro atoms. The van der Waals surface area contributed by atoms with Gasteiger partial charge in [0.05, 0.1) is 18.1 Å². The van der Waals surface area contributed by atoms with Crippen molar-refractivity contribution in [3.63, 3.8) is 0 Å². The van der Waals surface area contributed by atoms with E-state index in [1.54, 1.807) is 18.2 Å². The highest BCUT2D eigenvalue weighted by Crippen LogP contribution is 2.58. The summed E-state index contributed by atoms with van der Waals surface area (Å²) in [5.74, 6) is 4.34. The molecule has 1 aromatic rings. The van der Waals surface area contributed by atoms with Gasteiger partial charge in [0, 0.05) is 37.5 Å². The third-order valence-electron chi connectivity index (χ3n) is 8.94. The zero-order valence-electron chi connectivity index (χ0n) is 19.1. The maximum atomic E-state index is 13.2. The number of fused-ring (bicyclic) bond motifs is 6. The number of ether oxygens (including phenoxy) is 2. The summed E-state index contributed by atoms with van der Waals surface area (Å²) < 4.78 is 39.3. The van der Waals surface area contributed by atoms with Gasteiger partial charge in [-0.1, -0.05) is 6.42 Å². The quantitative estimate of drug-likeness (QED) is 0.725. The van der Waals surface area contributed by atoms with Crippen LogP contribution in [0.5, 0.6) is 11.5 Å². The van der Waals surface area contributed by atoms with Gasteiger partial charge in [0.15, 0.2) is 11.5 Å². The maximum absolute atomic E-state index is 13.2. The van der Waals surface area contributed by atoms with E-state index < -0.39 is 10.0 Å². The second-order valence-corrected chi connectivity index (χ2v) is 12.5. The molecular formula is C25H34N2O5S. The third-order valence-corrected chi connectivity index (χ3v) is 10.8. The lowest BCUT2D eigenvalue weighted by Gasteiger charge is -2.35. The molecule has 2 heterocycles. The Balaban J connectivity index is 1.06. The van der Waals surface area contributed by atoms with Gasteiger partial charge < -0.3 is 14.8 Å². The number of benzene rings is 1. The van der Waals surface area contributed by atoms with Gasteiger partial charge in [0.1, 0.15) is 0 Å². The van der Waals surface area contributed by atoms with Crippen LogP contribution in [-0.4, -0.2) is 51.0 Å². The third kappa shape index (κ3) is 3.83. The molecule has 2 aliphatic heterocycles. The number of carbonyl (C=O) groups excluding carboxylic acids is 1. The molecule has 33 heavy (non-hydrogen) atoms. The monoisotopic (exact) mass is 474 g/mol. The van der Waals surface area contributed by atoms with Crippen LogP contribution in [0.1, 0.15) is 51.4 Å². The molecule has 1 aromatic carbocycles. The normalized spacial score (nSPS) is 34.1. The van der Waals surface area contributed by atoms with Crippen molar-refractivity contribution in [2.75, 3.05) is 26.3 Å². The van der Waals surface area contributed by atoms with Crippen molar-refractivity contribution < 1.29 is 22.7 Å². The number of hydrogen-bond acceptors (Lipinski definition) is 5. The fraction of sp³-hybridized carbons (Fsp3) is 0.720. The first-order chi connectivity index (χ1) is 16.0. The molecule has 6 rings (SSSR count). The molecule has 7 nitrogen and oxygen atoms in total. The van der Waals surface area contributed by atoms with Crippen molar-refractivity contribution in [3.05, 3.63) is 18.2 Å². The minimum Gasteiger partial charge on any atom is -0.490 e. The number of hydrogen-bond donors (Lipinski definition) is 1. The number of rotatable bonds is 4. The zero-order valence-corrected chi connectivity index (χ0v) is 19.9. The number of sulfonamides is 1. The summed E-state index contributed by atoms with van der Waals surface area (Å²) in [5.41, 5.74) is 0. The van der Waals surface area contributed by atoms with Gasteiger partial charge in [-0.3, -0.25) is 4.79 Å². The van der Waals surface area contributed by atoms with Crippen LogP contribution >= 0.6 is 0 Å². The molecule has 1 amide bonds. The van der Waals surface area contributed by atoms with Crippen LogP contribution in [0.4, 0.5) is 0 Å². The fourth-order valence-corrected chi connectivity index (χ4v) is 8.83. The minimum absolute atomic E-state index is 0.0984. The average Bonchev–Trinajstić information content (AvgIpc) is 3.49. The summed E-state index contributed by atoms with van der Waals surface area (Å²) in [6.45, 7) is 1.83. The molecule has 3 saturated carbocycles. The van der Waals surface area contributed by atoms with Crippen LogP contribution in [0, 0.1) is 29.6 Å². The molecule has 5 aliphatic rings. The van der Waals surface area contributed by atoms with Gasteiger partial charge in [-0.15, -0.1) is 0 Å². The Hall–Kier alpha value is -1.80. The maximum Gasteiger partial charge on any atom is 0.243 e. The lowest BCUT2D eigenvalue weighted by Crippen LogP contribution is -2.48. The predicted molar refractivity (Wildman–Crippen MR) is 123 cm³/mol. The first-order valence-corrected chi connectivity index (χ1v) is 14.1. The van der Waals surface area contributed by atoms with E-state index in [-0.39, 0.29) is 16.7 Å². The van der Waals surface area contributed by atoms with Gasteiger partial charge in [-0.05, 0) is 74.3 Å². The summed E-state index contributed by atoms with van der Waals surface area (Å²) >= 11 is 0. The highest BCUT2D eigenvalue weighted by Gasteiger charge is 2.54. The SMILES string of the molecule is O=C(N[C@@H]1C[C@H]2C[C@H]1[C@H]1CCC[C@H]21)C1CCN(S(=O)(=O)c2ccc3c(c2)OCCCO3)CC1. The Morgan fingerprint density at radius 1 is 0.909 bits per heavy atom. The van der Waals surface area contributed by atoms with Crippen molar-refractivity contribution in [2.45, 2.75) is 62.3 Å². The highest BCUT2D eigenvalue weighted by molar-refractivity contribution is 7.89. The largest absolute Gasteiger partial charge is 0.490 e. The number of piperidine rings is 1. The molecule has 0 radical (unpaired) electrons. The Labute approximate surface area is 196 Å². The molecule has 0 unspecified atom stereocenters. The zero-order chi connectivity index (χ0) is 22.6. The van der Waals surface area contributed by atoms with E-state index in [0.29, 0.717) is 62.6 Å². The summed E-state index contributed by atoms with van der Waals surface area (Å²) in [6, 6.07) is 5.18. The van der Waals surface area contributed by atoms with Crippen molar-refractivity contribution in [1.29, 1.82) is 0 Å². The summed E-state index contributed by atoms with van der Waals surface area (Å²) in [7, 11) is -3.63. The molecular weight excluding hydrogens is 440 g/mol. The number of nitrogens with one attached hydrogen (secondary N) is 1. The summed E-state index contributed by atoms with van der Waals surface area (Å²) in [5, 5.41) is 3.38. The van der Waals surface area contributed by atoms with Crippen LogP contribution in [0.2, 0.25) is 0 Å².